The van der Waals surface area contributed by atoms with E-state index in [1.807, 2.05) is 19.1 Å². The van der Waals surface area contributed by atoms with Crippen molar-refractivity contribution >= 4 is 34.1 Å². The van der Waals surface area contributed by atoms with E-state index >= 15 is 0 Å². The number of amides is 2. The number of rotatable bonds is 5. The molecule has 0 spiro atoms. The Labute approximate surface area is 184 Å². The van der Waals surface area contributed by atoms with Crippen molar-refractivity contribution in [1.82, 2.24) is 9.88 Å². The molecular formula is C23H23ClFN3O3. The SMILES string of the molecule is C[C@@H](c1c[nH]c(=O)c2ccccc12)N(C[C@H]1CCCO1)C(=O)Nc1ccc(F)c(Cl)c1. The van der Waals surface area contributed by atoms with Gasteiger partial charge in [-0.15, -0.1) is 0 Å². The number of anilines is 1. The van der Waals surface area contributed by atoms with Gasteiger partial charge in [0.15, 0.2) is 0 Å². The van der Waals surface area contributed by atoms with Crippen molar-refractivity contribution in [3.8, 4) is 0 Å². The average molecular weight is 444 g/mol. The lowest BCUT2D eigenvalue weighted by molar-refractivity contribution is 0.0743. The molecule has 2 atom stereocenters. The van der Waals surface area contributed by atoms with E-state index in [4.69, 9.17) is 16.3 Å². The summed E-state index contributed by atoms with van der Waals surface area (Å²) in [5.41, 5.74) is 1.04. The summed E-state index contributed by atoms with van der Waals surface area (Å²) in [6.45, 7) is 2.96. The molecule has 1 aromatic heterocycles. The summed E-state index contributed by atoms with van der Waals surface area (Å²) in [5, 5.41) is 4.09. The van der Waals surface area contributed by atoms with Gasteiger partial charge in [-0.25, -0.2) is 9.18 Å². The topological polar surface area (TPSA) is 74.4 Å². The third kappa shape index (κ3) is 4.57. The van der Waals surface area contributed by atoms with Gasteiger partial charge in [0.2, 0.25) is 0 Å². The van der Waals surface area contributed by atoms with Crippen LogP contribution in [0, 0.1) is 5.82 Å². The summed E-state index contributed by atoms with van der Waals surface area (Å²) in [7, 11) is 0. The van der Waals surface area contributed by atoms with Crippen LogP contribution in [0.4, 0.5) is 14.9 Å². The zero-order valence-electron chi connectivity index (χ0n) is 17.0. The van der Waals surface area contributed by atoms with E-state index in [1.54, 1.807) is 23.2 Å². The fraction of sp³-hybridized carbons (Fsp3) is 0.304. The Kier molecular flexibility index (Phi) is 6.25. The van der Waals surface area contributed by atoms with E-state index < -0.39 is 5.82 Å². The number of carbonyl (C=O) groups is 1. The molecule has 162 valence electrons. The van der Waals surface area contributed by atoms with Gasteiger partial charge in [-0.2, -0.15) is 0 Å². The first-order chi connectivity index (χ1) is 14.9. The summed E-state index contributed by atoms with van der Waals surface area (Å²) in [6.07, 6.45) is 3.40. The quantitative estimate of drug-likeness (QED) is 0.576. The van der Waals surface area contributed by atoms with Crippen LogP contribution in [-0.4, -0.2) is 35.2 Å². The summed E-state index contributed by atoms with van der Waals surface area (Å²) in [6, 6.07) is 10.6. The van der Waals surface area contributed by atoms with Crippen molar-refractivity contribution in [2.45, 2.75) is 31.9 Å². The Morgan fingerprint density at radius 3 is 2.81 bits per heavy atom. The fourth-order valence-electron chi connectivity index (χ4n) is 3.94. The molecular weight excluding hydrogens is 421 g/mol. The van der Waals surface area contributed by atoms with Gasteiger partial charge in [-0.05, 0) is 55.0 Å². The number of halogens is 2. The number of urea groups is 1. The fourth-order valence-corrected chi connectivity index (χ4v) is 4.12. The molecule has 2 heterocycles. The number of benzene rings is 2. The Morgan fingerprint density at radius 2 is 2.10 bits per heavy atom. The Morgan fingerprint density at radius 1 is 1.32 bits per heavy atom. The number of pyridine rings is 1. The van der Waals surface area contributed by atoms with Crippen LogP contribution in [0.5, 0.6) is 0 Å². The normalized spacial score (nSPS) is 16.9. The molecule has 8 heteroatoms. The monoisotopic (exact) mass is 443 g/mol. The number of nitrogens with zero attached hydrogens (tertiary/aromatic N) is 1. The lowest BCUT2D eigenvalue weighted by Gasteiger charge is -2.32. The van der Waals surface area contributed by atoms with Crippen molar-refractivity contribution in [3.63, 3.8) is 0 Å². The summed E-state index contributed by atoms with van der Waals surface area (Å²) in [5.74, 6) is -0.552. The van der Waals surface area contributed by atoms with Crippen LogP contribution in [0.3, 0.4) is 0 Å². The highest BCUT2D eigenvalue weighted by Gasteiger charge is 2.28. The highest BCUT2D eigenvalue weighted by molar-refractivity contribution is 6.31. The van der Waals surface area contributed by atoms with Crippen LogP contribution < -0.4 is 10.9 Å². The van der Waals surface area contributed by atoms with Crippen LogP contribution in [0.15, 0.2) is 53.5 Å². The maximum atomic E-state index is 13.5. The second-order valence-electron chi connectivity index (χ2n) is 7.64. The number of aromatic amines is 1. The third-order valence-corrected chi connectivity index (χ3v) is 5.90. The molecule has 2 amide bonds. The zero-order valence-corrected chi connectivity index (χ0v) is 17.8. The molecule has 4 rings (SSSR count). The molecule has 2 N–H and O–H groups in total. The van der Waals surface area contributed by atoms with E-state index in [2.05, 4.69) is 10.3 Å². The molecule has 1 aliphatic heterocycles. The minimum atomic E-state index is -0.552. The second kappa shape index (κ2) is 9.08. The molecule has 31 heavy (non-hydrogen) atoms. The average Bonchev–Trinajstić information content (AvgIpc) is 3.28. The van der Waals surface area contributed by atoms with Crippen molar-refractivity contribution in [2.24, 2.45) is 0 Å². The lowest BCUT2D eigenvalue weighted by atomic mass is 10.0. The first-order valence-electron chi connectivity index (χ1n) is 10.2. The summed E-state index contributed by atoms with van der Waals surface area (Å²) >= 11 is 5.86. The highest BCUT2D eigenvalue weighted by Crippen LogP contribution is 2.29. The van der Waals surface area contributed by atoms with Crippen LogP contribution in [0.25, 0.3) is 10.8 Å². The van der Waals surface area contributed by atoms with Gasteiger partial charge in [-0.3, -0.25) is 4.79 Å². The van der Waals surface area contributed by atoms with Gasteiger partial charge in [0.25, 0.3) is 5.56 Å². The molecule has 6 nitrogen and oxygen atoms in total. The molecule has 0 aliphatic carbocycles. The zero-order chi connectivity index (χ0) is 22.0. The number of aromatic nitrogens is 1. The molecule has 0 bridgehead atoms. The van der Waals surface area contributed by atoms with Crippen molar-refractivity contribution in [2.75, 3.05) is 18.5 Å². The Hall–Kier alpha value is -2.90. The minimum absolute atomic E-state index is 0.0665. The molecule has 0 radical (unpaired) electrons. The molecule has 2 aromatic carbocycles. The number of carbonyl (C=O) groups excluding carboxylic acids is 1. The molecule has 0 unspecified atom stereocenters. The Balaban J connectivity index is 1.67. The first-order valence-corrected chi connectivity index (χ1v) is 10.6. The van der Waals surface area contributed by atoms with Gasteiger partial charge in [0.05, 0.1) is 17.2 Å². The number of ether oxygens (including phenoxy) is 1. The van der Waals surface area contributed by atoms with Gasteiger partial charge in [-0.1, -0.05) is 29.8 Å². The molecule has 1 saturated heterocycles. The maximum absolute atomic E-state index is 13.5. The standard InChI is InChI=1S/C23H23ClFN3O3/c1-14(19-12-26-22(29)18-7-3-2-6-17(18)19)28(13-16-5-4-10-31-16)23(30)27-15-8-9-21(25)20(24)11-15/h2-3,6-9,11-12,14,16H,4-5,10,13H2,1H3,(H,26,29)(H,27,30)/t14-,16+/m0/s1. The highest BCUT2D eigenvalue weighted by atomic mass is 35.5. The first kappa shape index (κ1) is 21.3. The minimum Gasteiger partial charge on any atom is -0.376 e. The van der Waals surface area contributed by atoms with Crippen LogP contribution in [0.1, 0.15) is 31.4 Å². The molecule has 0 saturated carbocycles. The van der Waals surface area contributed by atoms with E-state index in [0.717, 1.165) is 23.8 Å². The van der Waals surface area contributed by atoms with Crippen LogP contribution >= 0.6 is 11.6 Å². The summed E-state index contributed by atoms with van der Waals surface area (Å²) in [4.78, 5) is 29.9. The van der Waals surface area contributed by atoms with Crippen molar-refractivity contribution in [1.29, 1.82) is 0 Å². The Bertz CT molecular complexity index is 1160. The van der Waals surface area contributed by atoms with E-state index in [-0.39, 0.29) is 28.8 Å². The van der Waals surface area contributed by atoms with Crippen LogP contribution in [-0.2, 0) is 4.74 Å². The largest absolute Gasteiger partial charge is 0.376 e. The van der Waals surface area contributed by atoms with E-state index in [9.17, 15) is 14.0 Å². The molecule has 1 fully saturated rings. The second-order valence-corrected chi connectivity index (χ2v) is 8.05. The number of hydrogen-bond acceptors (Lipinski definition) is 3. The van der Waals surface area contributed by atoms with Gasteiger partial charge in [0, 0.05) is 30.4 Å². The predicted octanol–water partition coefficient (Wildman–Crippen LogP) is 5.09. The van der Waals surface area contributed by atoms with Gasteiger partial charge >= 0.3 is 6.03 Å². The van der Waals surface area contributed by atoms with E-state index in [0.29, 0.717) is 24.2 Å². The van der Waals surface area contributed by atoms with Crippen molar-refractivity contribution < 1.29 is 13.9 Å². The van der Waals surface area contributed by atoms with E-state index in [1.165, 1.54) is 18.2 Å². The van der Waals surface area contributed by atoms with Crippen LogP contribution in [0.2, 0.25) is 5.02 Å². The number of H-pyrrole nitrogens is 1. The maximum Gasteiger partial charge on any atom is 0.322 e. The molecule has 1 aliphatic rings. The summed E-state index contributed by atoms with van der Waals surface area (Å²) < 4.78 is 19.3. The van der Waals surface area contributed by atoms with Gasteiger partial charge in [0.1, 0.15) is 5.82 Å². The number of fused-ring (bicyclic) bond motifs is 1. The molecule has 3 aromatic rings. The number of nitrogens with one attached hydrogen (secondary N) is 2. The van der Waals surface area contributed by atoms with Crippen molar-refractivity contribution in [3.05, 3.63) is 75.4 Å². The number of hydrogen-bond donors (Lipinski definition) is 2. The smallest absolute Gasteiger partial charge is 0.322 e. The van der Waals surface area contributed by atoms with Gasteiger partial charge < -0.3 is 19.9 Å². The third-order valence-electron chi connectivity index (χ3n) is 5.62. The lowest BCUT2D eigenvalue weighted by Crippen LogP contribution is -2.42. The predicted molar refractivity (Wildman–Crippen MR) is 119 cm³/mol.